The number of carboxylic acids is 1. The van der Waals surface area contributed by atoms with E-state index >= 15 is 0 Å². The molecule has 0 radical (unpaired) electrons. The van der Waals surface area contributed by atoms with Gasteiger partial charge in [0.15, 0.2) is 0 Å². The van der Waals surface area contributed by atoms with Crippen molar-refractivity contribution in [1.29, 1.82) is 0 Å². The zero-order valence-corrected chi connectivity index (χ0v) is 9.42. The maximum atomic E-state index is 11.5. The Bertz CT molecular complexity index is 454. The van der Waals surface area contributed by atoms with Crippen LogP contribution in [-0.2, 0) is 23.1 Å². The molecule has 0 saturated carbocycles. The van der Waals surface area contributed by atoms with Gasteiger partial charge in [0.25, 0.3) is 0 Å². The van der Waals surface area contributed by atoms with Crippen LogP contribution in [0, 0.1) is 0 Å². The molecule has 0 aliphatic carbocycles. The van der Waals surface area contributed by atoms with E-state index in [0.29, 0.717) is 18.8 Å². The number of carbonyl (C=O) groups excluding carboxylic acids is 1. The summed E-state index contributed by atoms with van der Waals surface area (Å²) < 4.78 is 6.49. The van der Waals surface area contributed by atoms with Gasteiger partial charge >= 0.3 is 5.97 Å². The van der Waals surface area contributed by atoms with Crippen molar-refractivity contribution >= 4 is 11.9 Å². The Morgan fingerprint density at radius 3 is 3.06 bits per heavy atom. The fourth-order valence-electron chi connectivity index (χ4n) is 1.73. The van der Waals surface area contributed by atoms with Crippen molar-refractivity contribution in [3.63, 3.8) is 0 Å². The van der Waals surface area contributed by atoms with E-state index in [1.165, 1.54) is 10.9 Å². The van der Waals surface area contributed by atoms with Crippen molar-refractivity contribution in [1.82, 2.24) is 14.7 Å². The highest BCUT2D eigenvalue weighted by molar-refractivity contribution is 5.88. The van der Waals surface area contributed by atoms with Crippen molar-refractivity contribution < 1.29 is 19.4 Å². The van der Waals surface area contributed by atoms with Crippen molar-refractivity contribution in [3.05, 3.63) is 17.5 Å². The first-order valence-electron chi connectivity index (χ1n) is 5.19. The van der Waals surface area contributed by atoms with Gasteiger partial charge in [-0.1, -0.05) is 0 Å². The maximum Gasteiger partial charge on any atom is 0.339 e. The summed E-state index contributed by atoms with van der Waals surface area (Å²) in [5.74, 6) is -1.16. The lowest BCUT2D eigenvalue weighted by Gasteiger charge is -2.26. The molecule has 0 bridgehead atoms. The van der Waals surface area contributed by atoms with E-state index in [-0.39, 0.29) is 24.6 Å². The number of aromatic carboxylic acids is 1. The molecule has 0 unspecified atom stereocenters. The van der Waals surface area contributed by atoms with E-state index in [9.17, 15) is 9.59 Å². The number of ether oxygens (including phenoxy) is 1. The molecule has 1 fully saturated rings. The standard InChI is InChI=1S/C10H13N3O4/c1-12-8(7(4-11-12)10(15)16)5-13-2-3-17-6-9(13)14/h4H,2-3,5-6H2,1H3,(H,15,16). The normalized spacial score (nSPS) is 16.3. The fraction of sp³-hybridized carbons (Fsp3) is 0.500. The summed E-state index contributed by atoms with van der Waals surface area (Å²) in [6, 6.07) is 0. The molecule has 2 heterocycles. The Kier molecular flexibility index (Phi) is 3.10. The predicted molar refractivity (Wildman–Crippen MR) is 56.4 cm³/mol. The third-order valence-electron chi connectivity index (χ3n) is 2.72. The van der Waals surface area contributed by atoms with E-state index in [2.05, 4.69) is 5.10 Å². The monoisotopic (exact) mass is 239 g/mol. The summed E-state index contributed by atoms with van der Waals surface area (Å²) in [7, 11) is 1.66. The van der Waals surface area contributed by atoms with Crippen LogP contribution in [0.25, 0.3) is 0 Å². The van der Waals surface area contributed by atoms with Crippen molar-refractivity contribution in [3.8, 4) is 0 Å². The SMILES string of the molecule is Cn1ncc(C(=O)O)c1CN1CCOCC1=O. The van der Waals surface area contributed by atoms with Crippen LogP contribution < -0.4 is 0 Å². The number of hydrogen-bond donors (Lipinski definition) is 1. The number of rotatable bonds is 3. The molecular formula is C10H13N3O4. The summed E-state index contributed by atoms with van der Waals surface area (Å²) in [6.07, 6.45) is 1.29. The molecule has 1 saturated heterocycles. The average molecular weight is 239 g/mol. The topological polar surface area (TPSA) is 84.7 Å². The minimum Gasteiger partial charge on any atom is -0.478 e. The quantitative estimate of drug-likeness (QED) is 0.767. The Hall–Kier alpha value is -1.89. The van der Waals surface area contributed by atoms with Crippen LogP contribution in [-0.4, -0.2) is 51.4 Å². The third kappa shape index (κ3) is 2.28. The zero-order chi connectivity index (χ0) is 12.4. The lowest BCUT2D eigenvalue weighted by atomic mass is 10.2. The van der Waals surface area contributed by atoms with Gasteiger partial charge in [-0.3, -0.25) is 9.48 Å². The summed E-state index contributed by atoms with van der Waals surface area (Å²) in [6.45, 7) is 1.26. The van der Waals surface area contributed by atoms with Gasteiger partial charge in [0, 0.05) is 13.6 Å². The molecule has 1 aromatic heterocycles. The smallest absolute Gasteiger partial charge is 0.339 e. The average Bonchev–Trinajstić information content (AvgIpc) is 2.64. The molecule has 0 spiro atoms. The molecule has 1 aromatic rings. The second-order valence-electron chi connectivity index (χ2n) is 3.80. The minimum atomic E-state index is -1.03. The fourth-order valence-corrected chi connectivity index (χ4v) is 1.73. The van der Waals surface area contributed by atoms with Gasteiger partial charge in [-0.2, -0.15) is 5.10 Å². The number of nitrogens with zero attached hydrogens (tertiary/aromatic N) is 3. The van der Waals surface area contributed by atoms with Crippen LogP contribution in [0.4, 0.5) is 0 Å². The first-order chi connectivity index (χ1) is 8.09. The van der Waals surface area contributed by atoms with Crippen LogP contribution in [0.5, 0.6) is 0 Å². The van der Waals surface area contributed by atoms with E-state index in [1.54, 1.807) is 11.9 Å². The van der Waals surface area contributed by atoms with E-state index < -0.39 is 5.97 Å². The van der Waals surface area contributed by atoms with Crippen molar-refractivity contribution in [2.45, 2.75) is 6.54 Å². The lowest BCUT2D eigenvalue weighted by molar-refractivity contribution is -0.143. The Morgan fingerprint density at radius 2 is 2.41 bits per heavy atom. The second-order valence-corrected chi connectivity index (χ2v) is 3.80. The van der Waals surface area contributed by atoms with Gasteiger partial charge in [-0.05, 0) is 0 Å². The molecule has 0 aromatic carbocycles. The summed E-state index contributed by atoms with van der Waals surface area (Å²) >= 11 is 0. The van der Waals surface area contributed by atoms with Gasteiger partial charge in [-0.15, -0.1) is 0 Å². The Balaban J connectivity index is 2.20. The molecule has 17 heavy (non-hydrogen) atoms. The number of carboxylic acid groups (broad SMARTS) is 1. The van der Waals surface area contributed by atoms with E-state index in [0.717, 1.165) is 0 Å². The summed E-state index contributed by atoms with van der Waals surface area (Å²) in [5, 5.41) is 12.9. The van der Waals surface area contributed by atoms with Gasteiger partial charge in [0.05, 0.1) is 25.0 Å². The molecule has 2 rings (SSSR count). The first-order valence-corrected chi connectivity index (χ1v) is 5.19. The molecule has 92 valence electrons. The molecule has 1 amide bonds. The first kappa shape index (κ1) is 11.6. The van der Waals surface area contributed by atoms with E-state index in [1.807, 2.05) is 0 Å². The third-order valence-corrected chi connectivity index (χ3v) is 2.72. The highest BCUT2D eigenvalue weighted by Gasteiger charge is 2.23. The highest BCUT2D eigenvalue weighted by atomic mass is 16.5. The number of aromatic nitrogens is 2. The number of amides is 1. The summed E-state index contributed by atoms with van der Waals surface area (Å²) in [4.78, 5) is 24.1. The number of hydrogen-bond acceptors (Lipinski definition) is 4. The molecule has 0 atom stereocenters. The van der Waals surface area contributed by atoms with E-state index in [4.69, 9.17) is 9.84 Å². The number of morpholine rings is 1. The summed E-state index contributed by atoms with van der Waals surface area (Å²) in [5.41, 5.74) is 0.652. The Labute approximate surface area is 97.6 Å². The largest absolute Gasteiger partial charge is 0.478 e. The molecule has 1 aliphatic heterocycles. The number of carbonyl (C=O) groups is 2. The van der Waals surface area contributed by atoms with Crippen molar-refractivity contribution in [2.75, 3.05) is 19.8 Å². The molecule has 1 N–H and O–H groups in total. The van der Waals surface area contributed by atoms with Gasteiger partial charge < -0.3 is 14.7 Å². The second kappa shape index (κ2) is 4.54. The predicted octanol–water partition coefficient (Wildman–Crippen LogP) is -0.523. The minimum absolute atomic E-state index is 0.0558. The zero-order valence-electron chi connectivity index (χ0n) is 9.42. The van der Waals surface area contributed by atoms with Gasteiger partial charge in [-0.25, -0.2) is 4.79 Å². The molecule has 7 heteroatoms. The maximum absolute atomic E-state index is 11.5. The Morgan fingerprint density at radius 1 is 1.65 bits per heavy atom. The van der Waals surface area contributed by atoms with Gasteiger partial charge in [0.2, 0.25) is 5.91 Å². The highest BCUT2D eigenvalue weighted by Crippen LogP contribution is 2.12. The van der Waals surface area contributed by atoms with Crippen LogP contribution in [0.2, 0.25) is 0 Å². The number of aryl methyl sites for hydroxylation is 1. The van der Waals surface area contributed by atoms with Crippen LogP contribution >= 0.6 is 0 Å². The molecular weight excluding hydrogens is 226 g/mol. The van der Waals surface area contributed by atoms with Crippen molar-refractivity contribution in [2.24, 2.45) is 7.05 Å². The van der Waals surface area contributed by atoms with Crippen LogP contribution in [0.1, 0.15) is 16.1 Å². The van der Waals surface area contributed by atoms with Crippen LogP contribution in [0.15, 0.2) is 6.20 Å². The van der Waals surface area contributed by atoms with Crippen LogP contribution in [0.3, 0.4) is 0 Å². The lowest BCUT2D eigenvalue weighted by Crippen LogP contribution is -2.41. The van der Waals surface area contributed by atoms with Gasteiger partial charge in [0.1, 0.15) is 12.2 Å². The molecule has 1 aliphatic rings. The molecule has 7 nitrogen and oxygen atoms in total.